The predicted molar refractivity (Wildman–Crippen MR) is 101 cm³/mol. The van der Waals surface area contributed by atoms with Gasteiger partial charge >= 0.3 is 0 Å². The molecule has 1 unspecified atom stereocenters. The number of nitrogens with zero attached hydrogens (tertiary/aromatic N) is 1. The first-order valence-electron chi connectivity index (χ1n) is 9.35. The number of aromatic nitrogens is 1. The smallest absolute Gasteiger partial charge is 0.253 e. The van der Waals surface area contributed by atoms with Crippen LogP contribution in [0.2, 0.25) is 0 Å². The predicted octanol–water partition coefficient (Wildman–Crippen LogP) is 4.48. The summed E-state index contributed by atoms with van der Waals surface area (Å²) in [6.07, 6.45) is 6.00. The minimum atomic E-state index is -0.447. The Kier molecular flexibility index (Phi) is 5.56. The van der Waals surface area contributed by atoms with Crippen molar-refractivity contribution in [2.45, 2.75) is 58.1 Å². The van der Waals surface area contributed by atoms with Crippen molar-refractivity contribution in [1.82, 2.24) is 10.3 Å². The van der Waals surface area contributed by atoms with Crippen molar-refractivity contribution in [3.63, 3.8) is 0 Å². The van der Waals surface area contributed by atoms with Gasteiger partial charge in [0.05, 0.1) is 23.8 Å². The van der Waals surface area contributed by atoms with Crippen LogP contribution in [0, 0.1) is 11.7 Å². The van der Waals surface area contributed by atoms with Crippen LogP contribution in [-0.2, 0) is 4.74 Å². The van der Waals surface area contributed by atoms with E-state index in [1.54, 1.807) is 18.2 Å². The van der Waals surface area contributed by atoms with Crippen molar-refractivity contribution in [3.8, 4) is 0 Å². The van der Waals surface area contributed by atoms with E-state index in [9.17, 15) is 9.18 Å². The summed E-state index contributed by atoms with van der Waals surface area (Å²) < 4.78 is 19.8. The second-order valence-electron chi connectivity index (χ2n) is 8.01. The van der Waals surface area contributed by atoms with Crippen LogP contribution >= 0.6 is 0 Å². The minimum absolute atomic E-state index is 0.205. The SMILES string of the molecule is CC(C)CC(C)(COC1CCC1)NC(=O)c1cnc2c(F)cccc2c1. The number of ether oxygens (including phenoxy) is 1. The number of carbonyl (C=O) groups is 1. The van der Waals surface area contributed by atoms with E-state index in [-0.39, 0.29) is 17.2 Å². The van der Waals surface area contributed by atoms with E-state index in [2.05, 4.69) is 24.1 Å². The molecule has 4 nitrogen and oxygen atoms in total. The monoisotopic (exact) mass is 358 g/mol. The van der Waals surface area contributed by atoms with Gasteiger partial charge in [0.15, 0.2) is 0 Å². The average Bonchev–Trinajstić information content (AvgIpc) is 2.52. The third kappa shape index (κ3) is 4.39. The third-order valence-corrected chi connectivity index (χ3v) is 4.89. The highest BCUT2D eigenvalue weighted by atomic mass is 19.1. The topological polar surface area (TPSA) is 51.2 Å². The Morgan fingerprint density at radius 3 is 2.85 bits per heavy atom. The standard InChI is InChI=1S/C21H27FN2O2/c1-14(2)11-21(3,13-26-17-7-5-8-17)24-20(25)16-10-15-6-4-9-18(22)19(15)23-12-16/h4,6,9-10,12,14,17H,5,7-8,11,13H2,1-3H3,(H,24,25). The molecule has 26 heavy (non-hydrogen) atoms. The third-order valence-electron chi connectivity index (χ3n) is 4.89. The van der Waals surface area contributed by atoms with Crippen LogP contribution in [-0.4, -0.2) is 29.1 Å². The highest BCUT2D eigenvalue weighted by Crippen LogP contribution is 2.26. The quantitative estimate of drug-likeness (QED) is 0.794. The second kappa shape index (κ2) is 7.70. The summed E-state index contributed by atoms with van der Waals surface area (Å²) in [5, 5.41) is 3.75. The van der Waals surface area contributed by atoms with E-state index in [1.807, 2.05) is 6.92 Å². The lowest BCUT2D eigenvalue weighted by molar-refractivity contribution is -0.0293. The number of nitrogens with one attached hydrogen (secondary N) is 1. The Balaban J connectivity index is 1.75. The number of halogens is 1. The van der Waals surface area contributed by atoms with Gasteiger partial charge in [-0.25, -0.2) is 4.39 Å². The summed E-state index contributed by atoms with van der Waals surface area (Å²) in [7, 11) is 0. The van der Waals surface area contributed by atoms with Crippen LogP contribution in [0.1, 0.15) is 56.8 Å². The number of hydrogen-bond acceptors (Lipinski definition) is 3. The highest BCUT2D eigenvalue weighted by molar-refractivity contribution is 5.97. The van der Waals surface area contributed by atoms with E-state index in [0.717, 1.165) is 19.3 Å². The van der Waals surface area contributed by atoms with Crippen molar-refractivity contribution in [1.29, 1.82) is 0 Å². The molecule has 1 aliphatic rings. The Morgan fingerprint density at radius 2 is 2.19 bits per heavy atom. The van der Waals surface area contributed by atoms with Crippen molar-refractivity contribution in [2.75, 3.05) is 6.61 Å². The maximum atomic E-state index is 13.8. The van der Waals surface area contributed by atoms with Crippen molar-refractivity contribution in [3.05, 3.63) is 41.8 Å². The summed E-state index contributed by atoms with van der Waals surface area (Å²) >= 11 is 0. The largest absolute Gasteiger partial charge is 0.376 e. The minimum Gasteiger partial charge on any atom is -0.376 e. The molecular formula is C21H27FN2O2. The summed E-state index contributed by atoms with van der Waals surface area (Å²) in [6, 6.07) is 6.43. The van der Waals surface area contributed by atoms with Gasteiger partial charge in [-0.05, 0) is 50.7 Å². The van der Waals surface area contributed by atoms with E-state index in [0.29, 0.717) is 29.6 Å². The van der Waals surface area contributed by atoms with Crippen LogP contribution in [0.3, 0.4) is 0 Å². The maximum Gasteiger partial charge on any atom is 0.253 e. The molecule has 1 aromatic heterocycles. The molecule has 1 saturated carbocycles. The first-order chi connectivity index (χ1) is 12.4. The lowest BCUT2D eigenvalue weighted by atomic mass is 9.90. The lowest BCUT2D eigenvalue weighted by Crippen LogP contribution is -2.51. The normalized spacial score (nSPS) is 17.1. The summed E-state index contributed by atoms with van der Waals surface area (Å²) in [5.41, 5.74) is 0.265. The van der Waals surface area contributed by atoms with Crippen molar-refractivity contribution >= 4 is 16.8 Å². The number of para-hydroxylation sites is 1. The fourth-order valence-electron chi connectivity index (χ4n) is 3.48. The molecule has 2 aromatic rings. The summed E-state index contributed by atoms with van der Waals surface area (Å²) in [4.78, 5) is 16.9. The maximum absolute atomic E-state index is 13.8. The molecule has 0 bridgehead atoms. The fourth-order valence-corrected chi connectivity index (χ4v) is 3.48. The number of amides is 1. The molecule has 1 aliphatic carbocycles. The van der Waals surface area contributed by atoms with Crippen LogP contribution in [0.25, 0.3) is 10.9 Å². The highest BCUT2D eigenvalue weighted by Gasteiger charge is 2.31. The van der Waals surface area contributed by atoms with Gasteiger partial charge in [0, 0.05) is 11.6 Å². The molecular weight excluding hydrogens is 331 g/mol. The zero-order chi connectivity index (χ0) is 18.7. The number of carbonyl (C=O) groups excluding carboxylic acids is 1. The first-order valence-corrected chi connectivity index (χ1v) is 9.35. The van der Waals surface area contributed by atoms with E-state index < -0.39 is 5.54 Å². The Morgan fingerprint density at radius 1 is 1.42 bits per heavy atom. The molecule has 5 heteroatoms. The van der Waals surface area contributed by atoms with Gasteiger partial charge < -0.3 is 10.1 Å². The molecule has 3 rings (SSSR count). The van der Waals surface area contributed by atoms with Crippen LogP contribution in [0.5, 0.6) is 0 Å². The van der Waals surface area contributed by atoms with Gasteiger partial charge in [-0.1, -0.05) is 26.0 Å². The van der Waals surface area contributed by atoms with Crippen molar-refractivity contribution < 1.29 is 13.9 Å². The second-order valence-corrected chi connectivity index (χ2v) is 8.01. The van der Waals surface area contributed by atoms with Gasteiger partial charge in [-0.3, -0.25) is 9.78 Å². The molecule has 0 aliphatic heterocycles. The molecule has 1 heterocycles. The number of benzene rings is 1. The summed E-state index contributed by atoms with van der Waals surface area (Å²) in [5.74, 6) is -0.161. The number of pyridine rings is 1. The zero-order valence-corrected chi connectivity index (χ0v) is 15.7. The van der Waals surface area contributed by atoms with E-state index in [4.69, 9.17) is 4.74 Å². The van der Waals surface area contributed by atoms with Gasteiger partial charge in [0.2, 0.25) is 0 Å². The molecule has 1 amide bonds. The van der Waals surface area contributed by atoms with Gasteiger partial charge in [-0.2, -0.15) is 0 Å². The lowest BCUT2D eigenvalue weighted by Gasteiger charge is -2.36. The molecule has 0 spiro atoms. The van der Waals surface area contributed by atoms with Gasteiger partial charge in [-0.15, -0.1) is 0 Å². The number of hydrogen-bond donors (Lipinski definition) is 1. The fraction of sp³-hybridized carbons (Fsp3) is 0.524. The van der Waals surface area contributed by atoms with Crippen LogP contribution < -0.4 is 5.32 Å². The molecule has 0 radical (unpaired) electrons. The van der Waals surface area contributed by atoms with Crippen molar-refractivity contribution in [2.24, 2.45) is 5.92 Å². The van der Waals surface area contributed by atoms with Crippen LogP contribution in [0.4, 0.5) is 4.39 Å². The summed E-state index contributed by atoms with van der Waals surface area (Å²) in [6.45, 7) is 6.79. The molecule has 0 saturated heterocycles. The van der Waals surface area contributed by atoms with E-state index >= 15 is 0 Å². The molecule has 140 valence electrons. The Hall–Kier alpha value is -2.01. The van der Waals surface area contributed by atoms with Gasteiger partial charge in [0.1, 0.15) is 11.3 Å². The Bertz CT molecular complexity index is 789. The number of fused-ring (bicyclic) bond motifs is 1. The number of rotatable bonds is 7. The Labute approximate surface area is 154 Å². The average molecular weight is 358 g/mol. The van der Waals surface area contributed by atoms with Gasteiger partial charge in [0.25, 0.3) is 5.91 Å². The first kappa shape index (κ1) is 18.8. The zero-order valence-electron chi connectivity index (χ0n) is 15.7. The molecule has 1 atom stereocenters. The molecule has 1 aromatic carbocycles. The molecule has 1 N–H and O–H groups in total. The van der Waals surface area contributed by atoms with E-state index in [1.165, 1.54) is 18.7 Å². The van der Waals surface area contributed by atoms with Crippen LogP contribution in [0.15, 0.2) is 30.5 Å². The molecule has 1 fully saturated rings.